The second-order valence-corrected chi connectivity index (χ2v) is 4.07. The van der Waals surface area contributed by atoms with Crippen molar-refractivity contribution in [3.05, 3.63) is 33.1 Å². The molecular formula is C8H4Br2FN. The maximum Gasteiger partial charge on any atom is 0.133 e. The first kappa shape index (κ1) is 8.26. The molecule has 0 saturated carbocycles. The summed E-state index contributed by atoms with van der Waals surface area (Å²) in [5, 5.41) is 0.602. The molecule has 0 fully saturated rings. The SMILES string of the molecule is Fc1cc(Br)c(Br)c2[nH]ccc12. The zero-order chi connectivity index (χ0) is 8.72. The summed E-state index contributed by atoms with van der Waals surface area (Å²) in [5.74, 6) is -0.221. The Kier molecular flexibility index (Phi) is 1.96. The summed E-state index contributed by atoms with van der Waals surface area (Å²) in [6.07, 6.45) is 1.71. The number of hydrogen-bond acceptors (Lipinski definition) is 0. The summed E-state index contributed by atoms with van der Waals surface area (Å²) in [6.45, 7) is 0. The lowest BCUT2D eigenvalue weighted by atomic mass is 10.2. The Morgan fingerprint density at radius 2 is 2.08 bits per heavy atom. The van der Waals surface area contributed by atoms with Crippen LogP contribution < -0.4 is 0 Å². The average Bonchev–Trinajstić information content (AvgIpc) is 2.48. The highest BCUT2D eigenvalue weighted by Crippen LogP contribution is 2.32. The zero-order valence-electron chi connectivity index (χ0n) is 5.87. The van der Waals surface area contributed by atoms with Crippen molar-refractivity contribution in [1.82, 2.24) is 4.98 Å². The lowest BCUT2D eigenvalue weighted by molar-refractivity contribution is 0.639. The van der Waals surface area contributed by atoms with Crippen LogP contribution in [0.4, 0.5) is 4.39 Å². The van der Waals surface area contributed by atoms with Crippen LogP contribution in [0.3, 0.4) is 0 Å². The second kappa shape index (κ2) is 2.85. The standard InChI is InChI=1S/C8H4Br2FN/c9-5-3-6(11)4-1-2-12-8(4)7(5)10/h1-3,12H. The molecule has 0 aliphatic rings. The molecule has 1 N–H and O–H groups in total. The van der Waals surface area contributed by atoms with Crippen molar-refractivity contribution in [3.8, 4) is 0 Å². The molecule has 0 aliphatic heterocycles. The van der Waals surface area contributed by atoms with E-state index >= 15 is 0 Å². The highest BCUT2D eigenvalue weighted by atomic mass is 79.9. The van der Waals surface area contributed by atoms with Gasteiger partial charge in [-0.1, -0.05) is 0 Å². The number of halogens is 3. The third-order valence-electron chi connectivity index (χ3n) is 1.69. The van der Waals surface area contributed by atoms with Crippen molar-refractivity contribution in [2.45, 2.75) is 0 Å². The highest BCUT2D eigenvalue weighted by Gasteiger charge is 2.08. The molecule has 12 heavy (non-hydrogen) atoms. The van der Waals surface area contributed by atoms with E-state index in [1.54, 1.807) is 12.3 Å². The van der Waals surface area contributed by atoms with E-state index in [2.05, 4.69) is 36.8 Å². The van der Waals surface area contributed by atoms with Gasteiger partial charge >= 0.3 is 0 Å². The fraction of sp³-hybridized carbons (Fsp3) is 0. The van der Waals surface area contributed by atoms with E-state index < -0.39 is 0 Å². The molecule has 0 unspecified atom stereocenters. The Bertz CT molecular complexity index is 436. The molecule has 2 aromatic rings. The van der Waals surface area contributed by atoms with Gasteiger partial charge in [0.1, 0.15) is 5.82 Å². The Morgan fingerprint density at radius 1 is 1.33 bits per heavy atom. The summed E-state index contributed by atoms with van der Waals surface area (Å²) >= 11 is 6.59. The van der Waals surface area contributed by atoms with Gasteiger partial charge < -0.3 is 4.98 Å². The maximum absolute atomic E-state index is 13.2. The molecule has 0 atom stereocenters. The van der Waals surface area contributed by atoms with Crippen LogP contribution in [-0.2, 0) is 0 Å². The Labute approximate surface area is 85.2 Å². The fourth-order valence-electron chi connectivity index (χ4n) is 1.12. The van der Waals surface area contributed by atoms with Gasteiger partial charge in [-0.3, -0.25) is 0 Å². The van der Waals surface area contributed by atoms with Gasteiger partial charge in [0.15, 0.2) is 0 Å². The van der Waals surface area contributed by atoms with Crippen LogP contribution in [0.15, 0.2) is 27.3 Å². The molecule has 0 aliphatic carbocycles. The number of hydrogen-bond donors (Lipinski definition) is 1. The number of H-pyrrole nitrogens is 1. The number of fused-ring (bicyclic) bond motifs is 1. The molecule has 2 rings (SSSR count). The minimum Gasteiger partial charge on any atom is -0.360 e. The Hall–Kier alpha value is -0.350. The Balaban J connectivity index is 2.97. The largest absolute Gasteiger partial charge is 0.360 e. The van der Waals surface area contributed by atoms with Crippen LogP contribution in [0, 0.1) is 5.82 Å². The van der Waals surface area contributed by atoms with Gasteiger partial charge in [0.2, 0.25) is 0 Å². The quantitative estimate of drug-likeness (QED) is 0.710. The first-order valence-corrected chi connectivity index (χ1v) is 4.89. The lowest BCUT2D eigenvalue weighted by Gasteiger charge is -1.98. The molecule has 62 valence electrons. The van der Waals surface area contributed by atoms with Crippen molar-refractivity contribution >= 4 is 42.8 Å². The molecule has 0 radical (unpaired) electrons. The summed E-state index contributed by atoms with van der Waals surface area (Å²) < 4.78 is 14.8. The first-order chi connectivity index (χ1) is 5.70. The lowest BCUT2D eigenvalue weighted by Crippen LogP contribution is -1.79. The molecule has 0 spiro atoms. The van der Waals surface area contributed by atoms with Gasteiger partial charge in [-0.25, -0.2) is 4.39 Å². The minimum atomic E-state index is -0.221. The van der Waals surface area contributed by atoms with Gasteiger partial charge in [-0.2, -0.15) is 0 Å². The van der Waals surface area contributed by atoms with E-state index in [4.69, 9.17) is 0 Å². The number of aromatic amines is 1. The summed E-state index contributed by atoms with van der Waals surface area (Å²) in [5.41, 5.74) is 0.780. The van der Waals surface area contributed by atoms with Crippen molar-refractivity contribution in [1.29, 1.82) is 0 Å². The number of nitrogens with one attached hydrogen (secondary N) is 1. The van der Waals surface area contributed by atoms with Crippen molar-refractivity contribution in [3.63, 3.8) is 0 Å². The Morgan fingerprint density at radius 3 is 2.83 bits per heavy atom. The average molecular weight is 293 g/mol. The molecule has 0 bridgehead atoms. The molecule has 1 aromatic carbocycles. The summed E-state index contributed by atoms with van der Waals surface area (Å²) in [4.78, 5) is 2.95. The van der Waals surface area contributed by atoms with E-state index in [9.17, 15) is 4.39 Å². The van der Waals surface area contributed by atoms with Crippen LogP contribution in [0.5, 0.6) is 0 Å². The van der Waals surface area contributed by atoms with Crippen LogP contribution >= 0.6 is 31.9 Å². The van der Waals surface area contributed by atoms with Crippen molar-refractivity contribution in [2.75, 3.05) is 0 Å². The third-order valence-corrected chi connectivity index (χ3v) is 3.67. The van der Waals surface area contributed by atoms with Gasteiger partial charge in [0.05, 0.1) is 9.99 Å². The summed E-state index contributed by atoms with van der Waals surface area (Å²) in [7, 11) is 0. The number of aromatic nitrogens is 1. The minimum absolute atomic E-state index is 0.221. The highest BCUT2D eigenvalue weighted by molar-refractivity contribution is 9.13. The molecule has 1 heterocycles. The normalized spacial score (nSPS) is 10.9. The van der Waals surface area contributed by atoms with Gasteiger partial charge in [0, 0.05) is 16.1 Å². The van der Waals surface area contributed by atoms with E-state index in [0.717, 1.165) is 14.5 Å². The first-order valence-electron chi connectivity index (χ1n) is 3.30. The van der Waals surface area contributed by atoms with E-state index in [1.165, 1.54) is 6.07 Å². The van der Waals surface area contributed by atoms with Gasteiger partial charge in [-0.15, -0.1) is 0 Å². The van der Waals surface area contributed by atoms with Gasteiger partial charge in [0.25, 0.3) is 0 Å². The number of rotatable bonds is 0. The second-order valence-electron chi connectivity index (χ2n) is 2.42. The van der Waals surface area contributed by atoms with Crippen LogP contribution in [-0.4, -0.2) is 4.98 Å². The smallest absolute Gasteiger partial charge is 0.133 e. The van der Waals surface area contributed by atoms with Crippen LogP contribution in [0.2, 0.25) is 0 Å². The molecule has 0 amide bonds. The number of benzene rings is 1. The van der Waals surface area contributed by atoms with E-state index in [-0.39, 0.29) is 5.82 Å². The molecule has 0 saturated heterocycles. The molecule has 1 nitrogen and oxygen atoms in total. The fourth-order valence-corrected chi connectivity index (χ4v) is 1.96. The van der Waals surface area contributed by atoms with Crippen molar-refractivity contribution in [2.24, 2.45) is 0 Å². The predicted octanol–water partition coefficient (Wildman–Crippen LogP) is 3.83. The monoisotopic (exact) mass is 291 g/mol. The zero-order valence-corrected chi connectivity index (χ0v) is 9.04. The van der Waals surface area contributed by atoms with E-state index in [1.807, 2.05) is 0 Å². The predicted molar refractivity (Wildman–Crippen MR) is 53.7 cm³/mol. The maximum atomic E-state index is 13.2. The third kappa shape index (κ3) is 1.10. The van der Waals surface area contributed by atoms with E-state index in [0.29, 0.717) is 5.39 Å². The molecular weight excluding hydrogens is 289 g/mol. The summed E-state index contributed by atoms with van der Waals surface area (Å²) in [6, 6.07) is 3.15. The van der Waals surface area contributed by atoms with Crippen LogP contribution in [0.1, 0.15) is 0 Å². The van der Waals surface area contributed by atoms with Crippen molar-refractivity contribution < 1.29 is 4.39 Å². The van der Waals surface area contributed by atoms with Gasteiger partial charge in [-0.05, 0) is 44.0 Å². The molecule has 1 aromatic heterocycles. The topological polar surface area (TPSA) is 15.8 Å². The van der Waals surface area contributed by atoms with Crippen LogP contribution in [0.25, 0.3) is 10.9 Å². The molecule has 4 heteroatoms.